The first-order valence-electron chi connectivity index (χ1n) is 10.6. The first kappa shape index (κ1) is 22.0. The van der Waals surface area contributed by atoms with Gasteiger partial charge in [-0.1, -0.05) is 84.1 Å². The van der Waals surface area contributed by atoms with Crippen LogP contribution in [0.4, 0.5) is 5.69 Å². The van der Waals surface area contributed by atoms with E-state index in [2.05, 4.69) is 23.6 Å². The number of halogens is 1. The van der Waals surface area contributed by atoms with Gasteiger partial charge in [-0.15, -0.1) is 0 Å². The topological polar surface area (TPSA) is 25.2 Å². The predicted octanol–water partition coefficient (Wildman–Crippen LogP) is 7.37. The third-order valence-electron chi connectivity index (χ3n) is 5.89. The number of carbonyl (C=O) groups excluding carboxylic acids is 1. The molecule has 0 unspecified atom stereocenters. The van der Waals surface area contributed by atoms with E-state index < -0.39 is 0 Å². The van der Waals surface area contributed by atoms with Crippen LogP contribution in [-0.2, 0) is 11.3 Å². The maximum Gasteiger partial charge on any atom is 0.270 e. The first-order chi connectivity index (χ1) is 15.9. The molecule has 4 aromatic rings. The molecule has 0 N–H and O–H groups in total. The van der Waals surface area contributed by atoms with Crippen molar-refractivity contribution in [1.82, 2.24) is 4.57 Å². The van der Waals surface area contributed by atoms with E-state index in [-0.39, 0.29) is 5.91 Å². The smallest absolute Gasteiger partial charge is 0.270 e. The lowest BCUT2D eigenvalue weighted by Crippen LogP contribution is -2.27. The highest BCUT2D eigenvalue weighted by molar-refractivity contribution is 8.27. The van der Waals surface area contributed by atoms with E-state index in [1.54, 1.807) is 4.90 Å². The lowest BCUT2D eigenvalue weighted by molar-refractivity contribution is -0.113. The van der Waals surface area contributed by atoms with Crippen LogP contribution in [0.5, 0.6) is 0 Å². The van der Waals surface area contributed by atoms with Gasteiger partial charge in [0.15, 0.2) is 4.32 Å². The van der Waals surface area contributed by atoms with Crippen molar-refractivity contribution in [3.63, 3.8) is 0 Å². The van der Waals surface area contributed by atoms with Crippen LogP contribution in [0.2, 0.25) is 5.02 Å². The van der Waals surface area contributed by atoms with Gasteiger partial charge in [0, 0.05) is 33.7 Å². The molecule has 1 fully saturated rings. The van der Waals surface area contributed by atoms with Crippen molar-refractivity contribution in [2.75, 3.05) is 4.90 Å². The molecule has 1 aliphatic heterocycles. The molecule has 1 saturated heterocycles. The molecule has 2 heterocycles. The third kappa shape index (κ3) is 4.01. The van der Waals surface area contributed by atoms with Crippen molar-refractivity contribution in [2.45, 2.75) is 20.4 Å². The van der Waals surface area contributed by atoms with Crippen LogP contribution in [0.3, 0.4) is 0 Å². The maximum absolute atomic E-state index is 13.3. The number of aromatic nitrogens is 1. The Morgan fingerprint density at radius 2 is 1.76 bits per heavy atom. The van der Waals surface area contributed by atoms with Gasteiger partial charge < -0.3 is 4.57 Å². The quantitative estimate of drug-likeness (QED) is 0.221. The molecule has 33 heavy (non-hydrogen) atoms. The zero-order chi connectivity index (χ0) is 23.1. The summed E-state index contributed by atoms with van der Waals surface area (Å²) < 4.78 is 2.80. The second kappa shape index (κ2) is 8.82. The molecule has 0 saturated carbocycles. The molecule has 0 spiro atoms. The standard InChI is InChI=1S/C27H21ClN2OS2/c1-17-8-7-10-20(14-17)30-26(31)25(33-27(30)32)15-22-18(2)29(24-13-6-4-11-21(22)24)16-19-9-3-5-12-23(19)28/h3-15H,16H2,1-2H3/b25-15+. The summed E-state index contributed by atoms with van der Waals surface area (Å²) in [6.45, 7) is 4.75. The lowest BCUT2D eigenvalue weighted by atomic mass is 10.1. The molecule has 0 atom stereocenters. The Hall–Kier alpha value is -2.86. The Bertz CT molecular complexity index is 1450. The number of thiocarbonyl (C=S) groups is 1. The number of benzene rings is 3. The fourth-order valence-electron chi connectivity index (χ4n) is 4.23. The summed E-state index contributed by atoms with van der Waals surface area (Å²) in [5, 5.41) is 1.85. The van der Waals surface area contributed by atoms with Gasteiger partial charge in [-0.05, 0) is 55.3 Å². The Labute approximate surface area is 207 Å². The van der Waals surface area contributed by atoms with E-state index in [4.69, 9.17) is 23.8 Å². The van der Waals surface area contributed by atoms with Crippen LogP contribution >= 0.6 is 35.6 Å². The van der Waals surface area contributed by atoms with Crippen molar-refractivity contribution in [2.24, 2.45) is 0 Å². The SMILES string of the molecule is Cc1cccc(N2C(=O)/C(=C\c3c(C)n(Cc4ccccc4Cl)c4ccccc34)SC2=S)c1. The minimum atomic E-state index is -0.0852. The fourth-order valence-corrected chi connectivity index (χ4v) is 5.71. The Morgan fingerprint density at radius 3 is 2.55 bits per heavy atom. The van der Waals surface area contributed by atoms with Gasteiger partial charge in [0.1, 0.15) is 0 Å². The summed E-state index contributed by atoms with van der Waals surface area (Å²) in [6.07, 6.45) is 1.98. The van der Waals surface area contributed by atoms with Gasteiger partial charge in [0.25, 0.3) is 5.91 Å². The lowest BCUT2D eigenvalue weighted by Gasteiger charge is -2.14. The number of carbonyl (C=O) groups is 1. The zero-order valence-corrected chi connectivity index (χ0v) is 20.6. The number of amides is 1. The highest BCUT2D eigenvalue weighted by Crippen LogP contribution is 2.38. The molecular weight excluding hydrogens is 468 g/mol. The second-order valence-electron chi connectivity index (χ2n) is 8.05. The summed E-state index contributed by atoms with van der Waals surface area (Å²) in [6, 6.07) is 24.0. The Balaban J connectivity index is 1.58. The summed E-state index contributed by atoms with van der Waals surface area (Å²) >= 11 is 13.4. The van der Waals surface area contributed by atoms with Crippen LogP contribution in [-0.4, -0.2) is 14.8 Å². The van der Waals surface area contributed by atoms with Crippen molar-refractivity contribution < 1.29 is 4.79 Å². The number of hydrogen-bond acceptors (Lipinski definition) is 3. The van der Waals surface area contributed by atoms with Gasteiger partial charge in [0.05, 0.1) is 10.6 Å². The third-order valence-corrected chi connectivity index (χ3v) is 7.57. The number of anilines is 1. The molecule has 1 aliphatic rings. The van der Waals surface area contributed by atoms with E-state index in [1.165, 1.54) is 11.8 Å². The normalized spacial score (nSPS) is 15.2. The summed E-state index contributed by atoms with van der Waals surface area (Å²) in [5.74, 6) is -0.0852. The molecule has 1 amide bonds. The fraction of sp³-hybridized carbons (Fsp3) is 0.111. The van der Waals surface area contributed by atoms with E-state index >= 15 is 0 Å². The van der Waals surface area contributed by atoms with Crippen molar-refractivity contribution in [3.8, 4) is 0 Å². The Kier molecular flexibility index (Phi) is 5.87. The van der Waals surface area contributed by atoms with Crippen LogP contribution in [0.25, 0.3) is 17.0 Å². The number of fused-ring (bicyclic) bond motifs is 1. The minimum Gasteiger partial charge on any atom is -0.340 e. The number of rotatable bonds is 4. The highest BCUT2D eigenvalue weighted by atomic mass is 35.5. The van der Waals surface area contributed by atoms with Crippen LogP contribution in [0.1, 0.15) is 22.4 Å². The van der Waals surface area contributed by atoms with Crippen molar-refractivity contribution in [3.05, 3.63) is 105 Å². The molecule has 0 aliphatic carbocycles. The molecule has 0 radical (unpaired) electrons. The molecule has 164 valence electrons. The van der Waals surface area contributed by atoms with Gasteiger partial charge in [-0.3, -0.25) is 9.69 Å². The van der Waals surface area contributed by atoms with Crippen LogP contribution < -0.4 is 4.90 Å². The van der Waals surface area contributed by atoms with Crippen LogP contribution in [0, 0.1) is 13.8 Å². The van der Waals surface area contributed by atoms with Crippen molar-refractivity contribution >= 4 is 68.5 Å². The minimum absolute atomic E-state index is 0.0852. The van der Waals surface area contributed by atoms with Gasteiger partial charge >= 0.3 is 0 Å². The van der Waals surface area contributed by atoms with E-state index in [0.717, 1.165) is 44.0 Å². The van der Waals surface area contributed by atoms with E-state index in [0.29, 0.717) is 15.8 Å². The number of hydrogen-bond donors (Lipinski definition) is 0. The summed E-state index contributed by atoms with van der Waals surface area (Å²) in [5.41, 5.74) is 6.16. The summed E-state index contributed by atoms with van der Waals surface area (Å²) in [7, 11) is 0. The maximum atomic E-state index is 13.3. The highest BCUT2D eigenvalue weighted by Gasteiger charge is 2.33. The van der Waals surface area contributed by atoms with Crippen LogP contribution in [0.15, 0.2) is 77.7 Å². The predicted molar refractivity (Wildman–Crippen MR) is 144 cm³/mol. The molecule has 1 aromatic heterocycles. The van der Waals surface area contributed by atoms with Gasteiger partial charge in [0.2, 0.25) is 0 Å². The molecule has 5 rings (SSSR count). The molecule has 3 aromatic carbocycles. The van der Waals surface area contributed by atoms with E-state index in [9.17, 15) is 4.79 Å². The number of para-hydroxylation sites is 1. The van der Waals surface area contributed by atoms with Gasteiger partial charge in [-0.25, -0.2) is 0 Å². The number of thioether (sulfide) groups is 1. The first-order valence-corrected chi connectivity index (χ1v) is 12.2. The summed E-state index contributed by atoms with van der Waals surface area (Å²) in [4.78, 5) is 15.6. The molecule has 0 bridgehead atoms. The zero-order valence-electron chi connectivity index (χ0n) is 18.2. The average Bonchev–Trinajstić information content (AvgIpc) is 3.23. The van der Waals surface area contributed by atoms with Crippen molar-refractivity contribution in [1.29, 1.82) is 0 Å². The van der Waals surface area contributed by atoms with E-state index in [1.807, 2.05) is 73.7 Å². The molecule has 3 nitrogen and oxygen atoms in total. The number of aryl methyl sites for hydroxylation is 1. The van der Waals surface area contributed by atoms with Gasteiger partial charge in [-0.2, -0.15) is 0 Å². The average molecular weight is 489 g/mol. The largest absolute Gasteiger partial charge is 0.340 e. The Morgan fingerprint density at radius 1 is 1.00 bits per heavy atom. The monoisotopic (exact) mass is 488 g/mol. The molecule has 6 heteroatoms. The second-order valence-corrected chi connectivity index (χ2v) is 10.1. The number of nitrogens with zero attached hydrogens (tertiary/aromatic N) is 2. The molecular formula is C27H21ClN2OS2.